The number of carbonyl (C=O) groups is 2. The van der Waals surface area contributed by atoms with E-state index in [1.807, 2.05) is 0 Å². The summed E-state index contributed by atoms with van der Waals surface area (Å²) in [5.74, 6) is -1.74. The topological polar surface area (TPSA) is 86.6 Å². The van der Waals surface area contributed by atoms with Gasteiger partial charge in [-0.1, -0.05) is 6.07 Å². The molecule has 1 atom stereocenters. The highest BCUT2D eigenvalue weighted by Gasteiger charge is 2.19. The molecule has 14 heavy (non-hydrogen) atoms. The maximum atomic E-state index is 11.3. The highest BCUT2D eigenvalue weighted by Crippen LogP contribution is 2.07. The van der Waals surface area contributed by atoms with Crippen LogP contribution in [0.5, 0.6) is 0 Å². The van der Waals surface area contributed by atoms with Gasteiger partial charge >= 0.3 is 5.97 Å². The molecular weight excluding hydrogens is 206 g/mol. The highest BCUT2D eigenvalue weighted by atomic mass is 32.1. The SMILES string of the molecule is O=C(N[C@@H](CO)C(=O)O)c1cccs1. The fraction of sp³-hybridized carbons (Fsp3) is 0.250. The number of aliphatic hydroxyl groups excluding tert-OH is 1. The molecule has 0 aliphatic heterocycles. The first-order valence-corrected chi connectivity index (χ1v) is 4.71. The molecule has 0 unspecified atom stereocenters. The maximum Gasteiger partial charge on any atom is 0.328 e. The Hall–Kier alpha value is -1.40. The monoisotopic (exact) mass is 215 g/mol. The first-order chi connectivity index (χ1) is 6.65. The summed E-state index contributed by atoms with van der Waals surface area (Å²) < 4.78 is 0. The van der Waals surface area contributed by atoms with E-state index in [1.165, 1.54) is 11.3 Å². The van der Waals surface area contributed by atoms with Crippen LogP contribution in [0.4, 0.5) is 0 Å². The summed E-state index contributed by atoms with van der Waals surface area (Å²) in [4.78, 5) is 22.2. The van der Waals surface area contributed by atoms with E-state index in [0.29, 0.717) is 4.88 Å². The molecule has 1 aromatic heterocycles. The Morgan fingerprint density at radius 2 is 2.29 bits per heavy atom. The first-order valence-electron chi connectivity index (χ1n) is 3.83. The number of carbonyl (C=O) groups excluding carboxylic acids is 1. The fourth-order valence-corrected chi connectivity index (χ4v) is 1.45. The number of thiophene rings is 1. The Bertz CT molecular complexity index is 322. The van der Waals surface area contributed by atoms with E-state index < -0.39 is 24.5 Å². The minimum absolute atomic E-state index is 0.421. The molecule has 0 saturated heterocycles. The van der Waals surface area contributed by atoms with Gasteiger partial charge in [0.1, 0.15) is 0 Å². The maximum absolute atomic E-state index is 11.3. The van der Waals surface area contributed by atoms with Gasteiger partial charge in [0.15, 0.2) is 6.04 Å². The van der Waals surface area contributed by atoms with Crippen LogP contribution < -0.4 is 5.32 Å². The number of aliphatic hydroxyl groups is 1. The third-order valence-corrected chi connectivity index (χ3v) is 2.40. The van der Waals surface area contributed by atoms with Crippen LogP contribution >= 0.6 is 11.3 Å². The standard InChI is InChI=1S/C8H9NO4S/c10-4-5(8(12)13)9-7(11)6-2-1-3-14-6/h1-3,5,10H,4H2,(H,9,11)(H,12,13)/t5-/m0/s1. The number of hydrogen-bond acceptors (Lipinski definition) is 4. The predicted molar refractivity (Wildman–Crippen MR) is 50.3 cm³/mol. The molecule has 76 valence electrons. The molecule has 0 spiro atoms. The zero-order valence-electron chi connectivity index (χ0n) is 7.14. The molecule has 1 aromatic rings. The Morgan fingerprint density at radius 3 is 2.71 bits per heavy atom. The normalized spacial score (nSPS) is 12.1. The summed E-state index contributed by atoms with van der Waals surface area (Å²) in [6, 6.07) is 2.02. The Balaban J connectivity index is 2.60. The summed E-state index contributed by atoms with van der Waals surface area (Å²) in [5.41, 5.74) is 0. The van der Waals surface area contributed by atoms with Crippen LogP contribution in [0, 0.1) is 0 Å². The van der Waals surface area contributed by atoms with Crippen molar-refractivity contribution in [1.29, 1.82) is 0 Å². The van der Waals surface area contributed by atoms with E-state index in [9.17, 15) is 9.59 Å². The van der Waals surface area contributed by atoms with Crippen molar-refractivity contribution in [3.05, 3.63) is 22.4 Å². The number of rotatable bonds is 4. The molecule has 0 aliphatic rings. The van der Waals surface area contributed by atoms with Gasteiger partial charge in [-0.15, -0.1) is 11.3 Å². The Morgan fingerprint density at radius 1 is 1.57 bits per heavy atom. The smallest absolute Gasteiger partial charge is 0.328 e. The quantitative estimate of drug-likeness (QED) is 0.655. The molecule has 0 saturated carbocycles. The molecule has 3 N–H and O–H groups in total. The third-order valence-electron chi connectivity index (χ3n) is 1.53. The van der Waals surface area contributed by atoms with Crippen molar-refractivity contribution in [3.8, 4) is 0 Å². The molecule has 0 aromatic carbocycles. The summed E-state index contributed by atoms with van der Waals surface area (Å²) in [5, 5.41) is 21.1. The van der Waals surface area contributed by atoms with Gasteiger partial charge in [0.05, 0.1) is 11.5 Å². The second kappa shape index (κ2) is 4.73. The summed E-state index contributed by atoms with van der Waals surface area (Å²) >= 11 is 1.21. The Labute approximate surface area is 84.0 Å². The number of carboxylic acid groups (broad SMARTS) is 1. The van der Waals surface area contributed by atoms with E-state index in [2.05, 4.69) is 5.32 Å². The second-order valence-electron chi connectivity index (χ2n) is 2.52. The molecule has 0 bridgehead atoms. The van der Waals surface area contributed by atoms with Crippen molar-refractivity contribution in [2.75, 3.05) is 6.61 Å². The molecule has 5 nitrogen and oxygen atoms in total. The Kier molecular flexibility index (Phi) is 3.61. The summed E-state index contributed by atoms with van der Waals surface area (Å²) in [6.07, 6.45) is 0. The van der Waals surface area contributed by atoms with Crippen LogP contribution in [0.25, 0.3) is 0 Å². The summed E-state index contributed by atoms with van der Waals surface area (Å²) in [7, 11) is 0. The number of amides is 1. The van der Waals surface area contributed by atoms with Gasteiger partial charge in [0.25, 0.3) is 5.91 Å². The van der Waals surface area contributed by atoms with Crippen LogP contribution in [-0.4, -0.2) is 34.7 Å². The van der Waals surface area contributed by atoms with Crippen LogP contribution in [-0.2, 0) is 4.79 Å². The molecular formula is C8H9NO4S. The zero-order chi connectivity index (χ0) is 10.6. The average molecular weight is 215 g/mol. The van der Waals surface area contributed by atoms with Crippen molar-refractivity contribution < 1.29 is 19.8 Å². The molecule has 1 heterocycles. The predicted octanol–water partition coefficient (Wildman–Crippen LogP) is -0.0766. The first kappa shape index (κ1) is 10.7. The van der Waals surface area contributed by atoms with E-state index in [4.69, 9.17) is 10.2 Å². The fourth-order valence-electron chi connectivity index (χ4n) is 0.823. The average Bonchev–Trinajstić information content (AvgIpc) is 2.65. The summed E-state index contributed by atoms with van der Waals surface area (Å²) in [6.45, 7) is -0.619. The van der Waals surface area contributed by atoms with Gasteiger partial charge in [0.2, 0.25) is 0 Å². The van der Waals surface area contributed by atoms with Crippen molar-refractivity contribution in [1.82, 2.24) is 5.32 Å². The van der Waals surface area contributed by atoms with Crippen LogP contribution in [0.1, 0.15) is 9.67 Å². The lowest BCUT2D eigenvalue weighted by Gasteiger charge is -2.09. The van der Waals surface area contributed by atoms with E-state index in [1.54, 1.807) is 17.5 Å². The number of hydrogen-bond donors (Lipinski definition) is 3. The third kappa shape index (κ3) is 2.54. The van der Waals surface area contributed by atoms with E-state index >= 15 is 0 Å². The van der Waals surface area contributed by atoms with Gasteiger partial charge in [-0.3, -0.25) is 4.79 Å². The number of carboxylic acids is 1. The van der Waals surface area contributed by atoms with Gasteiger partial charge in [-0.25, -0.2) is 4.79 Å². The zero-order valence-corrected chi connectivity index (χ0v) is 7.95. The van der Waals surface area contributed by atoms with Crippen LogP contribution in [0.15, 0.2) is 17.5 Å². The van der Waals surface area contributed by atoms with Crippen molar-refractivity contribution in [2.24, 2.45) is 0 Å². The minimum atomic E-state index is -1.25. The molecule has 1 rings (SSSR count). The number of aliphatic carboxylic acids is 1. The van der Waals surface area contributed by atoms with Crippen molar-refractivity contribution in [2.45, 2.75) is 6.04 Å². The minimum Gasteiger partial charge on any atom is -0.480 e. The van der Waals surface area contributed by atoms with Crippen LogP contribution in [0.3, 0.4) is 0 Å². The van der Waals surface area contributed by atoms with Gasteiger partial charge in [-0.2, -0.15) is 0 Å². The van der Waals surface area contributed by atoms with E-state index in [0.717, 1.165) is 0 Å². The highest BCUT2D eigenvalue weighted by molar-refractivity contribution is 7.12. The van der Waals surface area contributed by atoms with Gasteiger partial charge in [-0.05, 0) is 11.4 Å². The lowest BCUT2D eigenvalue weighted by atomic mass is 10.3. The molecule has 0 radical (unpaired) electrons. The largest absolute Gasteiger partial charge is 0.480 e. The van der Waals surface area contributed by atoms with E-state index in [-0.39, 0.29) is 0 Å². The lowest BCUT2D eigenvalue weighted by molar-refractivity contribution is -0.140. The number of nitrogens with one attached hydrogen (secondary N) is 1. The lowest BCUT2D eigenvalue weighted by Crippen LogP contribution is -2.43. The van der Waals surface area contributed by atoms with Gasteiger partial charge in [0, 0.05) is 0 Å². The van der Waals surface area contributed by atoms with Crippen LogP contribution in [0.2, 0.25) is 0 Å². The van der Waals surface area contributed by atoms with Crippen molar-refractivity contribution in [3.63, 3.8) is 0 Å². The molecule has 0 fully saturated rings. The van der Waals surface area contributed by atoms with Gasteiger partial charge < -0.3 is 15.5 Å². The molecule has 6 heteroatoms. The second-order valence-corrected chi connectivity index (χ2v) is 3.47. The van der Waals surface area contributed by atoms with Crippen molar-refractivity contribution >= 4 is 23.2 Å². The molecule has 0 aliphatic carbocycles. The molecule has 1 amide bonds.